The molecular formula is C14H17F2NO. The molecule has 1 aliphatic carbocycles. The summed E-state index contributed by atoms with van der Waals surface area (Å²) in [6, 6.07) is 4.37. The zero-order chi connectivity index (χ0) is 12.5. The summed E-state index contributed by atoms with van der Waals surface area (Å²) in [5, 5.41) is 0. The van der Waals surface area contributed by atoms with Gasteiger partial charge in [-0.2, -0.15) is 0 Å². The third kappa shape index (κ3) is 2.27. The molecule has 0 N–H and O–H groups in total. The van der Waals surface area contributed by atoms with Gasteiger partial charge in [0.05, 0.1) is 12.7 Å². The molecule has 1 aromatic rings. The van der Waals surface area contributed by atoms with Gasteiger partial charge in [-0.1, -0.05) is 12.5 Å². The first-order valence-corrected chi connectivity index (χ1v) is 6.54. The van der Waals surface area contributed by atoms with E-state index in [1.807, 2.05) is 0 Å². The number of benzene rings is 1. The van der Waals surface area contributed by atoms with Crippen LogP contribution in [-0.2, 0) is 4.74 Å². The number of halogens is 2. The molecule has 3 rings (SSSR count). The van der Waals surface area contributed by atoms with Gasteiger partial charge in [0.15, 0.2) is 0 Å². The molecular weight excluding hydrogens is 236 g/mol. The summed E-state index contributed by atoms with van der Waals surface area (Å²) in [5.74, 6) is -1.04. The van der Waals surface area contributed by atoms with Crippen molar-refractivity contribution >= 4 is 0 Å². The van der Waals surface area contributed by atoms with Crippen LogP contribution in [0.5, 0.6) is 0 Å². The van der Waals surface area contributed by atoms with Gasteiger partial charge in [-0.3, -0.25) is 4.90 Å². The first-order valence-electron chi connectivity index (χ1n) is 6.54. The maximum absolute atomic E-state index is 13.7. The Morgan fingerprint density at radius 1 is 1.22 bits per heavy atom. The third-order valence-electron chi connectivity index (χ3n) is 4.00. The van der Waals surface area contributed by atoms with Crippen molar-refractivity contribution in [3.8, 4) is 0 Å². The SMILES string of the molecule is Fc1ccc([C@@H]2CN(C3CCC3)CCO2)c(F)c1. The molecule has 4 heteroatoms. The first kappa shape index (κ1) is 12.1. The number of hydrogen-bond acceptors (Lipinski definition) is 2. The van der Waals surface area contributed by atoms with Crippen molar-refractivity contribution in [1.82, 2.24) is 4.90 Å². The van der Waals surface area contributed by atoms with Crippen LogP contribution in [0.3, 0.4) is 0 Å². The zero-order valence-corrected chi connectivity index (χ0v) is 10.2. The molecule has 0 unspecified atom stereocenters. The minimum Gasteiger partial charge on any atom is -0.371 e. The molecule has 0 bridgehead atoms. The van der Waals surface area contributed by atoms with Crippen LogP contribution in [0.2, 0.25) is 0 Å². The van der Waals surface area contributed by atoms with Crippen molar-refractivity contribution in [2.45, 2.75) is 31.4 Å². The van der Waals surface area contributed by atoms with E-state index in [2.05, 4.69) is 4.90 Å². The number of ether oxygens (including phenoxy) is 1. The third-order valence-corrected chi connectivity index (χ3v) is 4.00. The molecule has 0 spiro atoms. The van der Waals surface area contributed by atoms with Gasteiger partial charge in [0.1, 0.15) is 11.6 Å². The number of hydrogen-bond donors (Lipinski definition) is 0. The number of rotatable bonds is 2. The smallest absolute Gasteiger partial charge is 0.131 e. The van der Waals surface area contributed by atoms with Crippen LogP contribution in [0, 0.1) is 11.6 Å². The van der Waals surface area contributed by atoms with Crippen LogP contribution in [0.25, 0.3) is 0 Å². The summed E-state index contributed by atoms with van der Waals surface area (Å²) >= 11 is 0. The van der Waals surface area contributed by atoms with Crippen LogP contribution >= 0.6 is 0 Å². The molecule has 1 atom stereocenters. The van der Waals surface area contributed by atoms with Gasteiger partial charge >= 0.3 is 0 Å². The second-order valence-corrected chi connectivity index (χ2v) is 5.10. The molecule has 1 saturated carbocycles. The summed E-state index contributed by atoms with van der Waals surface area (Å²) in [6.45, 7) is 2.26. The molecule has 1 aliphatic heterocycles. The fourth-order valence-corrected chi connectivity index (χ4v) is 2.70. The van der Waals surface area contributed by atoms with Gasteiger partial charge in [0.25, 0.3) is 0 Å². The molecule has 2 aliphatic rings. The molecule has 1 heterocycles. The lowest BCUT2D eigenvalue weighted by atomic mass is 9.90. The maximum atomic E-state index is 13.7. The van der Waals surface area contributed by atoms with E-state index in [0.717, 1.165) is 12.6 Å². The lowest BCUT2D eigenvalue weighted by Crippen LogP contribution is -2.47. The molecule has 2 fully saturated rings. The van der Waals surface area contributed by atoms with Crippen molar-refractivity contribution < 1.29 is 13.5 Å². The highest BCUT2D eigenvalue weighted by Crippen LogP contribution is 2.31. The summed E-state index contributed by atoms with van der Waals surface area (Å²) in [6.07, 6.45) is 3.49. The molecule has 1 saturated heterocycles. The minimum atomic E-state index is -0.539. The van der Waals surface area contributed by atoms with E-state index in [0.29, 0.717) is 24.8 Å². The second kappa shape index (κ2) is 4.94. The van der Waals surface area contributed by atoms with Gasteiger partial charge < -0.3 is 4.74 Å². The van der Waals surface area contributed by atoms with Crippen molar-refractivity contribution in [2.75, 3.05) is 19.7 Å². The van der Waals surface area contributed by atoms with Gasteiger partial charge in [-0.15, -0.1) is 0 Å². The lowest BCUT2D eigenvalue weighted by molar-refractivity contribution is -0.0578. The maximum Gasteiger partial charge on any atom is 0.131 e. The van der Waals surface area contributed by atoms with Crippen LogP contribution in [0.4, 0.5) is 8.78 Å². The summed E-state index contributed by atoms with van der Waals surface area (Å²) in [7, 11) is 0. The largest absolute Gasteiger partial charge is 0.371 e. The number of morpholine rings is 1. The highest BCUT2D eigenvalue weighted by molar-refractivity contribution is 5.21. The van der Waals surface area contributed by atoms with Crippen molar-refractivity contribution in [3.63, 3.8) is 0 Å². The Balaban J connectivity index is 1.74. The molecule has 0 amide bonds. The highest BCUT2D eigenvalue weighted by atomic mass is 19.1. The topological polar surface area (TPSA) is 12.5 Å². The second-order valence-electron chi connectivity index (χ2n) is 5.10. The van der Waals surface area contributed by atoms with E-state index < -0.39 is 11.6 Å². The van der Waals surface area contributed by atoms with Gasteiger partial charge in [0, 0.05) is 30.8 Å². The molecule has 1 aromatic carbocycles. The monoisotopic (exact) mass is 253 g/mol. The Hall–Kier alpha value is -1.00. The zero-order valence-electron chi connectivity index (χ0n) is 10.2. The van der Waals surface area contributed by atoms with Gasteiger partial charge in [-0.05, 0) is 18.9 Å². The van der Waals surface area contributed by atoms with Crippen LogP contribution < -0.4 is 0 Å². The average molecular weight is 253 g/mol. The summed E-state index contributed by atoms with van der Waals surface area (Å²) < 4.78 is 32.2. The quantitative estimate of drug-likeness (QED) is 0.803. The first-order chi connectivity index (χ1) is 8.74. The van der Waals surface area contributed by atoms with Gasteiger partial charge in [0.2, 0.25) is 0 Å². The van der Waals surface area contributed by atoms with E-state index >= 15 is 0 Å². The van der Waals surface area contributed by atoms with Crippen molar-refractivity contribution in [2.24, 2.45) is 0 Å². The van der Waals surface area contributed by atoms with E-state index in [1.54, 1.807) is 0 Å². The van der Waals surface area contributed by atoms with Crippen molar-refractivity contribution in [1.29, 1.82) is 0 Å². The Morgan fingerprint density at radius 3 is 2.72 bits per heavy atom. The lowest BCUT2D eigenvalue weighted by Gasteiger charge is -2.42. The predicted molar refractivity (Wildman–Crippen MR) is 64.3 cm³/mol. The van der Waals surface area contributed by atoms with E-state index in [9.17, 15) is 8.78 Å². The van der Waals surface area contributed by atoms with Crippen molar-refractivity contribution in [3.05, 3.63) is 35.4 Å². The molecule has 18 heavy (non-hydrogen) atoms. The Kier molecular flexibility index (Phi) is 3.31. The van der Waals surface area contributed by atoms with E-state index in [4.69, 9.17) is 4.74 Å². The predicted octanol–water partition coefficient (Wildman–Crippen LogP) is 2.89. The normalized spacial score (nSPS) is 26.0. The average Bonchev–Trinajstić information content (AvgIpc) is 2.27. The summed E-state index contributed by atoms with van der Waals surface area (Å²) in [4.78, 5) is 2.38. The summed E-state index contributed by atoms with van der Waals surface area (Å²) in [5.41, 5.74) is 0.473. The van der Waals surface area contributed by atoms with E-state index in [-0.39, 0.29) is 6.10 Å². The molecule has 2 nitrogen and oxygen atoms in total. The highest BCUT2D eigenvalue weighted by Gasteiger charge is 2.31. The van der Waals surface area contributed by atoms with Gasteiger partial charge in [-0.25, -0.2) is 8.78 Å². The Morgan fingerprint density at radius 2 is 2.06 bits per heavy atom. The Bertz CT molecular complexity index is 434. The fourth-order valence-electron chi connectivity index (χ4n) is 2.70. The van der Waals surface area contributed by atoms with E-state index in [1.165, 1.54) is 31.4 Å². The molecule has 0 radical (unpaired) electrons. The minimum absolute atomic E-state index is 0.264. The number of nitrogens with zero attached hydrogens (tertiary/aromatic N) is 1. The standard InChI is InChI=1S/C14H17F2NO/c15-10-4-5-12(13(16)8-10)14-9-17(6-7-18-14)11-2-1-3-11/h4-5,8,11,14H,1-3,6-7,9H2/t14-/m0/s1. The van der Waals surface area contributed by atoms with Crippen LogP contribution in [0.15, 0.2) is 18.2 Å². The molecule has 98 valence electrons. The fraction of sp³-hybridized carbons (Fsp3) is 0.571. The molecule has 0 aromatic heterocycles. The van der Waals surface area contributed by atoms with Crippen LogP contribution in [-0.4, -0.2) is 30.6 Å². The Labute approximate surface area is 106 Å². The van der Waals surface area contributed by atoms with Crippen LogP contribution in [0.1, 0.15) is 30.9 Å².